The van der Waals surface area contributed by atoms with Crippen molar-refractivity contribution < 1.29 is 0 Å². The summed E-state index contributed by atoms with van der Waals surface area (Å²) in [6, 6.07) is 10.1. The third-order valence-corrected chi connectivity index (χ3v) is 2.82. The van der Waals surface area contributed by atoms with Gasteiger partial charge in [0.1, 0.15) is 12.0 Å². The van der Waals surface area contributed by atoms with Crippen LogP contribution < -0.4 is 5.73 Å². The number of rotatable bonds is 2. The van der Waals surface area contributed by atoms with Gasteiger partial charge in [-0.2, -0.15) is 0 Å². The number of nitrogens with two attached hydrogens (primary N) is 1. The zero-order valence-corrected chi connectivity index (χ0v) is 9.22. The summed E-state index contributed by atoms with van der Waals surface area (Å²) in [5.74, 6) is 0. The Balaban J connectivity index is 2.33. The molecule has 0 bridgehead atoms. The molecule has 17 heavy (non-hydrogen) atoms. The van der Waals surface area contributed by atoms with Gasteiger partial charge in [-0.05, 0) is 5.56 Å². The van der Waals surface area contributed by atoms with Crippen LogP contribution in [0, 0.1) is 0 Å². The van der Waals surface area contributed by atoms with Gasteiger partial charge in [0, 0.05) is 23.7 Å². The zero-order valence-electron chi connectivity index (χ0n) is 9.22. The number of fused-ring (bicyclic) bond motifs is 1. The van der Waals surface area contributed by atoms with E-state index in [0.29, 0.717) is 6.54 Å². The van der Waals surface area contributed by atoms with Crippen molar-refractivity contribution in [3.8, 4) is 11.3 Å². The van der Waals surface area contributed by atoms with Gasteiger partial charge in [-0.3, -0.25) is 0 Å². The number of H-pyrrole nitrogens is 1. The fraction of sp³-hybridized carbons (Fsp3) is 0.0769. The predicted molar refractivity (Wildman–Crippen MR) is 67.2 cm³/mol. The molecule has 0 atom stereocenters. The van der Waals surface area contributed by atoms with Crippen LogP contribution in [0.2, 0.25) is 0 Å². The minimum absolute atomic E-state index is 0.479. The van der Waals surface area contributed by atoms with Crippen molar-refractivity contribution >= 4 is 11.0 Å². The third kappa shape index (κ3) is 1.59. The molecule has 84 valence electrons. The summed E-state index contributed by atoms with van der Waals surface area (Å²) in [6.45, 7) is 0.479. The fourth-order valence-corrected chi connectivity index (χ4v) is 2.00. The summed E-state index contributed by atoms with van der Waals surface area (Å²) < 4.78 is 0. The Morgan fingerprint density at radius 1 is 1.12 bits per heavy atom. The van der Waals surface area contributed by atoms with Crippen LogP contribution in [0.1, 0.15) is 5.56 Å². The lowest BCUT2D eigenvalue weighted by Crippen LogP contribution is -1.96. The first-order valence-corrected chi connectivity index (χ1v) is 5.46. The van der Waals surface area contributed by atoms with Crippen LogP contribution in [0.15, 0.2) is 42.9 Å². The first kappa shape index (κ1) is 9.99. The average Bonchev–Trinajstić information content (AvgIpc) is 2.82. The lowest BCUT2D eigenvalue weighted by atomic mass is 10.1. The lowest BCUT2D eigenvalue weighted by molar-refractivity contribution is 1.08. The number of aromatic amines is 1. The van der Waals surface area contributed by atoms with Crippen molar-refractivity contribution in [3.63, 3.8) is 0 Å². The van der Waals surface area contributed by atoms with Gasteiger partial charge in [0.15, 0.2) is 0 Å². The van der Waals surface area contributed by atoms with E-state index >= 15 is 0 Å². The van der Waals surface area contributed by atoms with Gasteiger partial charge >= 0.3 is 0 Å². The highest BCUT2D eigenvalue weighted by Gasteiger charge is 2.10. The average molecular weight is 224 g/mol. The molecular formula is C13H12N4. The summed E-state index contributed by atoms with van der Waals surface area (Å²) in [4.78, 5) is 11.7. The van der Waals surface area contributed by atoms with E-state index in [2.05, 4.69) is 15.0 Å². The Morgan fingerprint density at radius 3 is 2.71 bits per heavy atom. The maximum Gasteiger partial charge on any atom is 0.141 e. The number of nitrogens with one attached hydrogen (secondary N) is 1. The van der Waals surface area contributed by atoms with E-state index in [9.17, 15) is 0 Å². The van der Waals surface area contributed by atoms with Crippen LogP contribution in [0.4, 0.5) is 0 Å². The van der Waals surface area contributed by atoms with E-state index in [1.54, 1.807) is 6.33 Å². The second-order valence-corrected chi connectivity index (χ2v) is 3.83. The minimum atomic E-state index is 0.479. The Labute approximate surface area is 98.5 Å². The maximum atomic E-state index is 5.73. The molecule has 2 heterocycles. The second kappa shape index (κ2) is 3.99. The van der Waals surface area contributed by atoms with Gasteiger partial charge in [0.25, 0.3) is 0 Å². The molecule has 0 fully saturated rings. The van der Waals surface area contributed by atoms with Crippen molar-refractivity contribution in [3.05, 3.63) is 48.4 Å². The molecule has 3 aromatic rings. The normalized spacial score (nSPS) is 10.9. The maximum absolute atomic E-state index is 5.73. The van der Waals surface area contributed by atoms with Gasteiger partial charge < -0.3 is 10.7 Å². The molecule has 4 nitrogen and oxygen atoms in total. The van der Waals surface area contributed by atoms with Crippen molar-refractivity contribution in [2.24, 2.45) is 5.73 Å². The van der Waals surface area contributed by atoms with Gasteiger partial charge in [0.2, 0.25) is 0 Å². The van der Waals surface area contributed by atoms with Crippen LogP contribution in [0.5, 0.6) is 0 Å². The van der Waals surface area contributed by atoms with Crippen LogP contribution >= 0.6 is 0 Å². The summed E-state index contributed by atoms with van der Waals surface area (Å²) in [5.41, 5.74) is 9.61. The van der Waals surface area contributed by atoms with Gasteiger partial charge in [-0.1, -0.05) is 30.3 Å². The van der Waals surface area contributed by atoms with Gasteiger partial charge in [-0.25, -0.2) is 9.97 Å². The second-order valence-electron chi connectivity index (χ2n) is 3.83. The first-order valence-electron chi connectivity index (χ1n) is 5.46. The predicted octanol–water partition coefficient (Wildman–Crippen LogP) is 2.08. The lowest BCUT2D eigenvalue weighted by Gasteiger charge is -2.03. The Morgan fingerprint density at radius 2 is 1.94 bits per heavy atom. The van der Waals surface area contributed by atoms with Gasteiger partial charge in [-0.15, -0.1) is 0 Å². The van der Waals surface area contributed by atoms with Crippen LogP contribution in [-0.2, 0) is 6.54 Å². The number of hydrogen-bond acceptors (Lipinski definition) is 3. The Bertz CT molecular complexity index is 643. The number of benzene rings is 1. The Kier molecular flexibility index (Phi) is 2.34. The Hall–Kier alpha value is -2.20. The first-order chi connectivity index (χ1) is 8.40. The third-order valence-electron chi connectivity index (χ3n) is 2.82. The molecule has 0 amide bonds. The van der Waals surface area contributed by atoms with Crippen molar-refractivity contribution in [2.45, 2.75) is 6.54 Å². The summed E-state index contributed by atoms with van der Waals surface area (Å²) in [5, 5.41) is 1.02. The smallest absolute Gasteiger partial charge is 0.141 e. The van der Waals surface area contributed by atoms with Crippen molar-refractivity contribution in [1.29, 1.82) is 0 Å². The molecule has 4 heteroatoms. The highest BCUT2D eigenvalue weighted by molar-refractivity contribution is 5.93. The van der Waals surface area contributed by atoms with Gasteiger partial charge in [0.05, 0.1) is 5.69 Å². The molecule has 0 spiro atoms. The zero-order chi connectivity index (χ0) is 11.7. The highest BCUT2D eigenvalue weighted by atomic mass is 14.9. The number of hydrogen-bond donors (Lipinski definition) is 2. The molecule has 3 N–H and O–H groups in total. The summed E-state index contributed by atoms with van der Waals surface area (Å²) >= 11 is 0. The van der Waals surface area contributed by atoms with Crippen molar-refractivity contribution in [2.75, 3.05) is 0 Å². The minimum Gasteiger partial charge on any atom is -0.346 e. The summed E-state index contributed by atoms with van der Waals surface area (Å²) in [7, 11) is 0. The molecule has 2 aromatic heterocycles. The molecule has 0 saturated heterocycles. The molecule has 0 unspecified atom stereocenters. The fourth-order valence-electron chi connectivity index (χ4n) is 2.00. The van der Waals surface area contributed by atoms with E-state index < -0.39 is 0 Å². The number of nitrogens with zero attached hydrogens (tertiary/aromatic N) is 2. The molecule has 0 radical (unpaired) electrons. The molecule has 1 aromatic carbocycles. The molecule has 0 aliphatic rings. The van der Waals surface area contributed by atoms with Crippen LogP contribution in [0.3, 0.4) is 0 Å². The number of aromatic nitrogens is 3. The monoisotopic (exact) mass is 224 g/mol. The molecule has 0 aliphatic carbocycles. The standard InChI is InChI=1S/C13H12N4/c14-6-10-7-15-13-11(10)12(16-8-17-13)9-4-2-1-3-5-9/h1-5,7-8H,6,14H2,(H,15,16,17). The summed E-state index contributed by atoms with van der Waals surface area (Å²) in [6.07, 6.45) is 3.47. The van der Waals surface area contributed by atoms with Crippen LogP contribution in [-0.4, -0.2) is 15.0 Å². The SMILES string of the molecule is NCc1c[nH]c2ncnc(-c3ccccc3)c12. The van der Waals surface area contributed by atoms with E-state index in [0.717, 1.165) is 27.9 Å². The highest BCUT2D eigenvalue weighted by Crippen LogP contribution is 2.27. The molecular weight excluding hydrogens is 212 g/mol. The van der Waals surface area contributed by atoms with E-state index in [1.165, 1.54) is 0 Å². The van der Waals surface area contributed by atoms with Crippen LogP contribution in [0.25, 0.3) is 22.3 Å². The largest absolute Gasteiger partial charge is 0.346 e. The molecule has 0 saturated carbocycles. The molecule has 3 rings (SSSR count). The van der Waals surface area contributed by atoms with E-state index in [1.807, 2.05) is 36.5 Å². The van der Waals surface area contributed by atoms with Crippen molar-refractivity contribution in [1.82, 2.24) is 15.0 Å². The quantitative estimate of drug-likeness (QED) is 0.700. The topological polar surface area (TPSA) is 67.6 Å². The van der Waals surface area contributed by atoms with E-state index in [-0.39, 0.29) is 0 Å². The van der Waals surface area contributed by atoms with E-state index in [4.69, 9.17) is 5.73 Å². The molecule has 0 aliphatic heterocycles.